The van der Waals surface area contributed by atoms with Gasteiger partial charge in [0.2, 0.25) is 5.91 Å². The number of carbonyl (C=O) groups excluding carboxylic acids is 1. The van der Waals surface area contributed by atoms with E-state index < -0.39 is 0 Å². The predicted molar refractivity (Wildman–Crippen MR) is 77.5 cm³/mol. The Bertz CT molecular complexity index is 538. The zero-order valence-corrected chi connectivity index (χ0v) is 12.6. The van der Waals surface area contributed by atoms with E-state index >= 15 is 0 Å². The molecule has 1 aromatic heterocycles. The van der Waals surface area contributed by atoms with E-state index in [1.807, 2.05) is 30.3 Å². The zero-order chi connectivity index (χ0) is 13.0. The first-order valence-electron chi connectivity index (χ1n) is 5.42. The summed E-state index contributed by atoms with van der Waals surface area (Å²) in [6.07, 6.45) is 2.61. The van der Waals surface area contributed by atoms with E-state index in [2.05, 4.69) is 37.2 Å². The lowest BCUT2D eigenvalue weighted by Crippen LogP contribution is -2.12. The number of aryl methyl sites for hydroxylation is 1. The highest BCUT2D eigenvalue weighted by Crippen LogP contribution is 2.26. The topological polar surface area (TPSA) is 42.2 Å². The summed E-state index contributed by atoms with van der Waals surface area (Å²) in [4.78, 5) is 11.8. The maximum absolute atomic E-state index is 11.8. The number of carbonyl (C=O) groups is 1. The fraction of sp³-hybridized carbons (Fsp3) is 0.154. The predicted octanol–water partition coefficient (Wildman–Crippen LogP) is 4.38. The highest BCUT2D eigenvalue weighted by atomic mass is 79.9. The minimum atomic E-state index is -0.0329. The highest BCUT2D eigenvalue weighted by molar-refractivity contribution is 9.11. The van der Waals surface area contributed by atoms with Crippen LogP contribution >= 0.6 is 31.9 Å². The van der Waals surface area contributed by atoms with Crippen molar-refractivity contribution in [3.63, 3.8) is 0 Å². The van der Waals surface area contributed by atoms with Gasteiger partial charge >= 0.3 is 0 Å². The van der Waals surface area contributed by atoms with Crippen molar-refractivity contribution in [2.75, 3.05) is 5.32 Å². The maximum atomic E-state index is 11.8. The van der Waals surface area contributed by atoms with Gasteiger partial charge in [-0.3, -0.25) is 4.79 Å². The summed E-state index contributed by atoms with van der Waals surface area (Å²) in [5.41, 5.74) is 0.766. The Hall–Kier alpha value is -1.07. The molecular formula is C13H11Br2NO2. The van der Waals surface area contributed by atoms with E-state index in [-0.39, 0.29) is 5.91 Å². The second-order valence-electron chi connectivity index (χ2n) is 3.75. The first-order valence-corrected chi connectivity index (χ1v) is 7.01. The van der Waals surface area contributed by atoms with Crippen LogP contribution in [-0.2, 0) is 11.2 Å². The monoisotopic (exact) mass is 371 g/mol. The van der Waals surface area contributed by atoms with E-state index in [0.717, 1.165) is 20.4 Å². The number of benzene rings is 1. The van der Waals surface area contributed by atoms with Crippen LogP contribution in [0.15, 0.2) is 50.0 Å². The molecule has 94 valence electrons. The van der Waals surface area contributed by atoms with Gasteiger partial charge in [0.1, 0.15) is 5.76 Å². The number of hydrogen-bond donors (Lipinski definition) is 1. The second-order valence-corrected chi connectivity index (χ2v) is 5.52. The number of nitrogens with one attached hydrogen (secondary N) is 1. The van der Waals surface area contributed by atoms with Crippen LogP contribution in [-0.4, -0.2) is 5.91 Å². The van der Waals surface area contributed by atoms with Crippen molar-refractivity contribution in [3.8, 4) is 0 Å². The molecule has 1 aromatic carbocycles. The van der Waals surface area contributed by atoms with Gasteiger partial charge in [0, 0.05) is 21.8 Å². The molecule has 0 aliphatic rings. The third kappa shape index (κ3) is 3.71. The van der Waals surface area contributed by atoms with Gasteiger partial charge in [0.05, 0.1) is 12.0 Å². The largest absolute Gasteiger partial charge is 0.469 e. The number of halogens is 2. The van der Waals surface area contributed by atoms with Crippen LogP contribution in [0.25, 0.3) is 0 Å². The molecule has 5 heteroatoms. The van der Waals surface area contributed by atoms with Crippen molar-refractivity contribution in [2.45, 2.75) is 12.8 Å². The van der Waals surface area contributed by atoms with Gasteiger partial charge in [-0.15, -0.1) is 0 Å². The molecule has 18 heavy (non-hydrogen) atoms. The van der Waals surface area contributed by atoms with Crippen LogP contribution in [0.5, 0.6) is 0 Å². The van der Waals surface area contributed by atoms with E-state index in [1.165, 1.54) is 0 Å². The number of amides is 1. The number of rotatable bonds is 4. The summed E-state index contributed by atoms with van der Waals surface area (Å²) >= 11 is 6.77. The van der Waals surface area contributed by atoms with Crippen molar-refractivity contribution in [2.24, 2.45) is 0 Å². The third-order valence-corrected chi connectivity index (χ3v) is 3.53. The van der Waals surface area contributed by atoms with Gasteiger partial charge < -0.3 is 9.73 Å². The molecule has 1 heterocycles. The van der Waals surface area contributed by atoms with Crippen LogP contribution in [0.1, 0.15) is 12.2 Å². The SMILES string of the molecule is O=C(CCc1ccco1)Nc1ccc(Br)cc1Br. The average molecular weight is 373 g/mol. The normalized spacial score (nSPS) is 10.3. The van der Waals surface area contributed by atoms with E-state index in [9.17, 15) is 4.79 Å². The lowest BCUT2D eigenvalue weighted by atomic mass is 10.2. The van der Waals surface area contributed by atoms with Gasteiger partial charge in [-0.25, -0.2) is 0 Å². The van der Waals surface area contributed by atoms with Gasteiger partial charge in [0.25, 0.3) is 0 Å². The van der Waals surface area contributed by atoms with Crippen LogP contribution in [0, 0.1) is 0 Å². The van der Waals surface area contributed by atoms with Crippen molar-refractivity contribution in [1.29, 1.82) is 0 Å². The molecule has 0 radical (unpaired) electrons. The van der Waals surface area contributed by atoms with Gasteiger partial charge in [-0.1, -0.05) is 15.9 Å². The van der Waals surface area contributed by atoms with E-state index in [4.69, 9.17) is 4.42 Å². The first kappa shape index (κ1) is 13.4. The molecule has 0 fully saturated rings. The summed E-state index contributed by atoms with van der Waals surface area (Å²) in [7, 11) is 0. The summed E-state index contributed by atoms with van der Waals surface area (Å²) in [5, 5.41) is 2.85. The molecule has 0 saturated carbocycles. The molecule has 3 nitrogen and oxygen atoms in total. The van der Waals surface area contributed by atoms with E-state index in [0.29, 0.717) is 12.8 Å². The highest BCUT2D eigenvalue weighted by Gasteiger charge is 2.07. The summed E-state index contributed by atoms with van der Waals surface area (Å²) in [6.45, 7) is 0. The molecule has 0 bridgehead atoms. The Labute approximate surface area is 122 Å². The molecule has 0 aliphatic heterocycles. The van der Waals surface area contributed by atoms with Crippen molar-refractivity contribution >= 4 is 43.5 Å². The minimum Gasteiger partial charge on any atom is -0.469 e. The maximum Gasteiger partial charge on any atom is 0.224 e. The fourth-order valence-corrected chi connectivity index (χ4v) is 2.64. The molecule has 0 atom stereocenters. The fourth-order valence-electron chi connectivity index (χ4n) is 1.50. The van der Waals surface area contributed by atoms with Crippen LogP contribution in [0.3, 0.4) is 0 Å². The Morgan fingerprint density at radius 2 is 2.11 bits per heavy atom. The molecule has 0 saturated heterocycles. The van der Waals surface area contributed by atoms with Crippen molar-refractivity contribution in [1.82, 2.24) is 0 Å². The Morgan fingerprint density at radius 1 is 1.28 bits per heavy atom. The molecule has 0 aliphatic carbocycles. The number of furan rings is 1. The van der Waals surface area contributed by atoms with Crippen LogP contribution < -0.4 is 5.32 Å². The van der Waals surface area contributed by atoms with Crippen molar-refractivity contribution < 1.29 is 9.21 Å². The minimum absolute atomic E-state index is 0.0329. The van der Waals surface area contributed by atoms with Gasteiger partial charge in [0.15, 0.2) is 0 Å². The standard InChI is InChI=1S/C13H11Br2NO2/c14-9-3-5-12(11(15)8-9)16-13(17)6-4-10-2-1-7-18-10/h1-3,5,7-8H,4,6H2,(H,16,17). The molecular weight excluding hydrogens is 362 g/mol. The quantitative estimate of drug-likeness (QED) is 0.865. The summed E-state index contributed by atoms with van der Waals surface area (Å²) < 4.78 is 6.99. The van der Waals surface area contributed by atoms with Crippen molar-refractivity contribution in [3.05, 3.63) is 51.3 Å². The molecule has 2 rings (SSSR count). The average Bonchev–Trinajstić information content (AvgIpc) is 2.83. The van der Waals surface area contributed by atoms with Gasteiger partial charge in [-0.05, 0) is 46.3 Å². The summed E-state index contributed by atoms with van der Waals surface area (Å²) in [6, 6.07) is 9.30. The van der Waals surface area contributed by atoms with Gasteiger partial charge in [-0.2, -0.15) is 0 Å². The molecule has 1 N–H and O–H groups in total. The number of anilines is 1. The second kappa shape index (κ2) is 6.20. The molecule has 0 spiro atoms. The lowest BCUT2D eigenvalue weighted by Gasteiger charge is -2.07. The Balaban J connectivity index is 1.91. The first-order chi connectivity index (χ1) is 8.65. The van der Waals surface area contributed by atoms with Crippen LogP contribution in [0.2, 0.25) is 0 Å². The van der Waals surface area contributed by atoms with Crippen LogP contribution in [0.4, 0.5) is 5.69 Å². The zero-order valence-electron chi connectivity index (χ0n) is 9.45. The summed E-state index contributed by atoms with van der Waals surface area (Å²) in [5.74, 6) is 0.787. The Morgan fingerprint density at radius 3 is 2.78 bits per heavy atom. The molecule has 2 aromatic rings. The smallest absolute Gasteiger partial charge is 0.224 e. The Kier molecular flexibility index (Phi) is 4.60. The third-order valence-electron chi connectivity index (χ3n) is 2.38. The van der Waals surface area contributed by atoms with E-state index in [1.54, 1.807) is 6.26 Å². The lowest BCUT2D eigenvalue weighted by molar-refractivity contribution is -0.116. The number of hydrogen-bond acceptors (Lipinski definition) is 2. The molecule has 1 amide bonds. The molecule has 0 unspecified atom stereocenters.